The van der Waals surface area contributed by atoms with Crippen molar-refractivity contribution in [1.82, 2.24) is 14.8 Å². The van der Waals surface area contributed by atoms with E-state index < -0.39 is 0 Å². The summed E-state index contributed by atoms with van der Waals surface area (Å²) in [6, 6.07) is 0. The highest BCUT2D eigenvalue weighted by Crippen LogP contribution is 2.17. The van der Waals surface area contributed by atoms with Crippen molar-refractivity contribution in [2.24, 2.45) is 0 Å². The standard InChI is InChI=1S/C11H18N4O2S.ClH/c1-17-8-10(16)15-4-2-14(3-5-15)7-9-6-13-11(12)18-9;/h6H,2-5,7-8H2,1H3,(H2,12,13);1H. The van der Waals surface area contributed by atoms with Crippen LogP contribution in [0.1, 0.15) is 4.88 Å². The van der Waals surface area contributed by atoms with Crippen LogP contribution in [0, 0.1) is 0 Å². The second-order valence-corrected chi connectivity index (χ2v) is 5.40. The van der Waals surface area contributed by atoms with Crippen LogP contribution in [0.2, 0.25) is 0 Å². The molecule has 0 atom stereocenters. The predicted octanol–water partition coefficient (Wildman–Crippen LogP) is 0.438. The number of methoxy groups -OCH3 is 1. The Bertz CT molecular complexity index is 407. The summed E-state index contributed by atoms with van der Waals surface area (Å²) in [6.07, 6.45) is 1.82. The summed E-state index contributed by atoms with van der Waals surface area (Å²) in [5, 5.41) is 0.610. The maximum atomic E-state index is 11.6. The van der Waals surface area contributed by atoms with Crippen molar-refractivity contribution in [2.45, 2.75) is 6.54 Å². The molecule has 1 aliphatic heterocycles. The second kappa shape index (κ2) is 7.64. The van der Waals surface area contributed by atoms with Gasteiger partial charge in [-0.2, -0.15) is 0 Å². The number of nitrogens with zero attached hydrogens (tertiary/aromatic N) is 3. The fourth-order valence-electron chi connectivity index (χ4n) is 1.99. The van der Waals surface area contributed by atoms with Gasteiger partial charge in [-0.15, -0.1) is 23.7 Å². The van der Waals surface area contributed by atoms with E-state index in [9.17, 15) is 4.79 Å². The molecule has 0 aromatic carbocycles. The zero-order chi connectivity index (χ0) is 13.0. The van der Waals surface area contributed by atoms with Gasteiger partial charge in [-0.1, -0.05) is 0 Å². The molecule has 1 aromatic heterocycles. The summed E-state index contributed by atoms with van der Waals surface area (Å²) < 4.78 is 4.86. The Balaban J connectivity index is 0.00000180. The van der Waals surface area contributed by atoms with Crippen LogP contribution in [0.25, 0.3) is 0 Å². The highest BCUT2D eigenvalue weighted by Gasteiger charge is 2.21. The molecule has 2 N–H and O–H groups in total. The van der Waals surface area contributed by atoms with Gasteiger partial charge in [-0.3, -0.25) is 9.69 Å². The number of halogens is 1. The number of piperazine rings is 1. The van der Waals surface area contributed by atoms with E-state index in [-0.39, 0.29) is 24.9 Å². The van der Waals surface area contributed by atoms with Crippen LogP contribution in [-0.2, 0) is 16.1 Å². The first-order valence-corrected chi connectivity index (χ1v) is 6.70. The first-order valence-electron chi connectivity index (χ1n) is 5.88. The molecule has 8 heteroatoms. The molecule has 1 amide bonds. The Labute approximate surface area is 122 Å². The number of anilines is 1. The van der Waals surface area contributed by atoms with Crippen LogP contribution >= 0.6 is 23.7 Å². The Morgan fingerprint density at radius 1 is 1.47 bits per heavy atom. The molecule has 0 unspecified atom stereocenters. The first-order chi connectivity index (χ1) is 8.69. The van der Waals surface area contributed by atoms with Crippen LogP contribution in [0.5, 0.6) is 0 Å². The number of aromatic nitrogens is 1. The van der Waals surface area contributed by atoms with Crippen LogP contribution < -0.4 is 5.73 Å². The average Bonchev–Trinajstić information content (AvgIpc) is 2.76. The molecule has 2 heterocycles. The lowest BCUT2D eigenvalue weighted by atomic mass is 10.3. The summed E-state index contributed by atoms with van der Waals surface area (Å²) in [5.41, 5.74) is 5.60. The second-order valence-electron chi connectivity index (χ2n) is 4.25. The van der Waals surface area contributed by atoms with Gasteiger partial charge in [0.05, 0.1) is 0 Å². The number of thiazole rings is 1. The summed E-state index contributed by atoms with van der Waals surface area (Å²) in [6.45, 7) is 4.32. The van der Waals surface area contributed by atoms with Crippen LogP contribution in [0.4, 0.5) is 5.13 Å². The van der Waals surface area contributed by atoms with Crippen LogP contribution in [-0.4, -0.2) is 60.6 Å². The quantitative estimate of drug-likeness (QED) is 0.874. The minimum atomic E-state index is 0. The molecule has 108 valence electrons. The van der Waals surface area contributed by atoms with Crippen molar-refractivity contribution in [3.8, 4) is 0 Å². The first kappa shape index (κ1) is 16.2. The van der Waals surface area contributed by atoms with Crippen molar-refractivity contribution in [3.63, 3.8) is 0 Å². The number of amides is 1. The zero-order valence-corrected chi connectivity index (χ0v) is 12.5. The highest BCUT2D eigenvalue weighted by atomic mass is 35.5. The van der Waals surface area contributed by atoms with E-state index in [4.69, 9.17) is 10.5 Å². The third kappa shape index (κ3) is 4.61. The SMILES string of the molecule is COCC(=O)N1CCN(Cc2cnc(N)s2)CC1.Cl. The fourth-order valence-corrected chi connectivity index (χ4v) is 2.71. The van der Waals surface area contributed by atoms with E-state index in [1.807, 2.05) is 11.1 Å². The average molecular weight is 307 g/mol. The molecule has 0 aliphatic carbocycles. The Morgan fingerprint density at radius 3 is 2.68 bits per heavy atom. The summed E-state index contributed by atoms with van der Waals surface area (Å²) in [7, 11) is 1.54. The van der Waals surface area contributed by atoms with Crippen molar-refractivity contribution in [2.75, 3.05) is 45.6 Å². The third-order valence-electron chi connectivity index (χ3n) is 2.94. The van der Waals surface area contributed by atoms with Crippen molar-refractivity contribution < 1.29 is 9.53 Å². The summed E-state index contributed by atoms with van der Waals surface area (Å²) in [4.78, 5) is 21.0. The molecule has 2 rings (SSSR count). The smallest absolute Gasteiger partial charge is 0.248 e. The van der Waals surface area contributed by atoms with Crippen LogP contribution in [0.3, 0.4) is 0 Å². The van der Waals surface area contributed by atoms with Gasteiger partial charge in [0.2, 0.25) is 5.91 Å². The molecule has 0 radical (unpaired) electrons. The highest BCUT2D eigenvalue weighted by molar-refractivity contribution is 7.15. The number of nitrogen functional groups attached to an aromatic ring is 1. The van der Waals surface area contributed by atoms with Gasteiger partial charge < -0.3 is 15.4 Å². The van der Waals surface area contributed by atoms with E-state index in [1.165, 1.54) is 16.2 Å². The molecule has 0 spiro atoms. The van der Waals surface area contributed by atoms with Crippen molar-refractivity contribution in [3.05, 3.63) is 11.1 Å². The van der Waals surface area contributed by atoms with Gasteiger partial charge in [-0.05, 0) is 0 Å². The van der Waals surface area contributed by atoms with Gasteiger partial charge in [-0.25, -0.2) is 4.98 Å². The van der Waals surface area contributed by atoms with E-state index in [0.29, 0.717) is 5.13 Å². The Hall–Kier alpha value is -0.890. The number of rotatable bonds is 4. The number of hydrogen-bond acceptors (Lipinski definition) is 6. The molecule has 6 nitrogen and oxygen atoms in total. The van der Waals surface area contributed by atoms with E-state index in [1.54, 1.807) is 7.11 Å². The maximum absolute atomic E-state index is 11.6. The minimum Gasteiger partial charge on any atom is -0.375 e. The summed E-state index contributed by atoms with van der Waals surface area (Å²) >= 11 is 1.52. The molecule has 0 saturated carbocycles. The number of nitrogens with two attached hydrogens (primary N) is 1. The maximum Gasteiger partial charge on any atom is 0.248 e. The Kier molecular flexibility index (Phi) is 6.50. The van der Waals surface area contributed by atoms with Gasteiger partial charge >= 0.3 is 0 Å². The molecule has 19 heavy (non-hydrogen) atoms. The number of hydrogen-bond donors (Lipinski definition) is 1. The molecule has 1 saturated heterocycles. The lowest BCUT2D eigenvalue weighted by Crippen LogP contribution is -2.49. The van der Waals surface area contributed by atoms with Crippen LogP contribution in [0.15, 0.2) is 6.20 Å². The summed E-state index contributed by atoms with van der Waals surface area (Å²) in [5.74, 6) is 0.0687. The minimum absolute atomic E-state index is 0. The van der Waals surface area contributed by atoms with Gasteiger partial charge in [0.1, 0.15) is 6.61 Å². The van der Waals surface area contributed by atoms with Gasteiger partial charge in [0, 0.05) is 50.9 Å². The number of ether oxygens (including phenoxy) is 1. The predicted molar refractivity (Wildman–Crippen MR) is 77.5 cm³/mol. The van der Waals surface area contributed by atoms with Gasteiger partial charge in [0.15, 0.2) is 5.13 Å². The number of carbonyl (C=O) groups excluding carboxylic acids is 1. The van der Waals surface area contributed by atoms with E-state index in [0.717, 1.165) is 32.7 Å². The van der Waals surface area contributed by atoms with Crippen molar-refractivity contribution >= 4 is 34.8 Å². The Morgan fingerprint density at radius 2 is 2.16 bits per heavy atom. The van der Waals surface area contributed by atoms with Gasteiger partial charge in [0.25, 0.3) is 0 Å². The van der Waals surface area contributed by atoms with Crippen molar-refractivity contribution in [1.29, 1.82) is 0 Å². The molecule has 1 aromatic rings. The largest absolute Gasteiger partial charge is 0.375 e. The number of carbonyl (C=O) groups is 1. The normalized spacial score (nSPS) is 16.2. The molecule has 1 aliphatic rings. The molecule has 1 fully saturated rings. The third-order valence-corrected chi connectivity index (χ3v) is 3.75. The molecular formula is C11H19ClN4O2S. The fraction of sp³-hybridized carbons (Fsp3) is 0.636. The molecular weight excluding hydrogens is 288 g/mol. The lowest BCUT2D eigenvalue weighted by Gasteiger charge is -2.34. The zero-order valence-electron chi connectivity index (χ0n) is 10.9. The monoisotopic (exact) mass is 306 g/mol. The topological polar surface area (TPSA) is 71.7 Å². The molecule has 0 bridgehead atoms. The lowest BCUT2D eigenvalue weighted by molar-refractivity contribution is -0.136. The van der Waals surface area contributed by atoms with E-state index >= 15 is 0 Å². The van der Waals surface area contributed by atoms with E-state index in [2.05, 4.69) is 9.88 Å².